The monoisotopic (exact) mass is 223 g/mol. The summed E-state index contributed by atoms with van der Waals surface area (Å²) in [7, 11) is 1.61. The number of rotatable bonds is 5. The van der Waals surface area contributed by atoms with E-state index in [1.54, 1.807) is 13.4 Å². The molecule has 1 saturated carbocycles. The molecule has 1 atom stereocenters. The van der Waals surface area contributed by atoms with Crippen molar-refractivity contribution in [3.05, 3.63) is 24.2 Å². The van der Waals surface area contributed by atoms with E-state index in [4.69, 9.17) is 9.15 Å². The predicted molar refractivity (Wildman–Crippen MR) is 58.8 cm³/mol. The molecule has 0 saturated heterocycles. The van der Waals surface area contributed by atoms with E-state index in [1.807, 2.05) is 12.1 Å². The molecule has 0 bridgehead atoms. The number of hydrogen-bond acceptors (Lipinski definition) is 3. The minimum Gasteiger partial charge on any atom is -0.467 e. The molecule has 16 heavy (non-hydrogen) atoms. The molecule has 0 radical (unpaired) electrons. The zero-order chi connectivity index (χ0) is 11.4. The van der Waals surface area contributed by atoms with E-state index >= 15 is 0 Å². The second-order valence-electron chi connectivity index (χ2n) is 4.11. The molecule has 1 aliphatic rings. The van der Waals surface area contributed by atoms with Gasteiger partial charge in [0.1, 0.15) is 11.9 Å². The standard InChI is InChI=1S/C12H17NO3/c1-15-11(10-6-3-7-16-10)8-13-12(14)9-4-2-5-9/h3,6-7,9,11H,2,4-5,8H2,1H3,(H,13,14). The molecule has 1 aromatic heterocycles. The number of hydrogen-bond donors (Lipinski definition) is 1. The minimum absolute atomic E-state index is 0.139. The number of furan rings is 1. The molecule has 0 aliphatic heterocycles. The first-order chi connectivity index (χ1) is 7.81. The third kappa shape index (κ3) is 2.44. The number of methoxy groups -OCH3 is 1. The Balaban J connectivity index is 1.81. The SMILES string of the molecule is COC(CNC(=O)C1CCC1)c1ccco1. The fourth-order valence-electron chi connectivity index (χ4n) is 1.78. The molecule has 2 rings (SSSR count). The van der Waals surface area contributed by atoms with Gasteiger partial charge in [-0.2, -0.15) is 0 Å². The normalized spacial score (nSPS) is 17.8. The summed E-state index contributed by atoms with van der Waals surface area (Å²) < 4.78 is 10.5. The lowest BCUT2D eigenvalue weighted by molar-refractivity contribution is -0.128. The average Bonchev–Trinajstić information content (AvgIpc) is 2.69. The van der Waals surface area contributed by atoms with E-state index in [0.717, 1.165) is 18.6 Å². The van der Waals surface area contributed by atoms with Gasteiger partial charge in [0, 0.05) is 13.0 Å². The van der Waals surface area contributed by atoms with Crippen LogP contribution in [0.5, 0.6) is 0 Å². The quantitative estimate of drug-likeness (QED) is 0.829. The van der Waals surface area contributed by atoms with Gasteiger partial charge in [0.2, 0.25) is 5.91 Å². The van der Waals surface area contributed by atoms with E-state index in [1.165, 1.54) is 6.42 Å². The van der Waals surface area contributed by atoms with Crippen LogP contribution in [0.4, 0.5) is 0 Å². The molecule has 4 nitrogen and oxygen atoms in total. The van der Waals surface area contributed by atoms with E-state index < -0.39 is 0 Å². The maximum Gasteiger partial charge on any atom is 0.223 e. The highest BCUT2D eigenvalue weighted by atomic mass is 16.5. The summed E-state index contributed by atoms with van der Waals surface area (Å²) in [5.74, 6) is 1.10. The number of amides is 1. The van der Waals surface area contributed by atoms with Gasteiger partial charge in [0.25, 0.3) is 0 Å². The van der Waals surface area contributed by atoms with Crippen molar-refractivity contribution in [3.63, 3.8) is 0 Å². The van der Waals surface area contributed by atoms with Crippen LogP contribution in [0.15, 0.2) is 22.8 Å². The summed E-state index contributed by atoms with van der Waals surface area (Å²) in [6.07, 6.45) is 4.62. The van der Waals surface area contributed by atoms with Gasteiger partial charge < -0.3 is 14.5 Å². The second-order valence-corrected chi connectivity index (χ2v) is 4.11. The van der Waals surface area contributed by atoms with Crippen molar-refractivity contribution in [1.29, 1.82) is 0 Å². The van der Waals surface area contributed by atoms with Crippen molar-refractivity contribution in [2.45, 2.75) is 25.4 Å². The first kappa shape index (κ1) is 11.2. The van der Waals surface area contributed by atoms with Gasteiger partial charge in [-0.05, 0) is 25.0 Å². The third-order valence-corrected chi connectivity index (χ3v) is 3.08. The summed E-state index contributed by atoms with van der Waals surface area (Å²) in [5.41, 5.74) is 0. The lowest BCUT2D eigenvalue weighted by atomic mass is 9.85. The van der Waals surface area contributed by atoms with Crippen LogP contribution in [-0.2, 0) is 9.53 Å². The van der Waals surface area contributed by atoms with Crippen molar-refractivity contribution in [2.24, 2.45) is 5.92 Å². The average molecular weight is 223 g/mol. The van der Waals surface area contributed by atoms with E-state index in [9.17, 15) is 4.79 Å². The van der Waals surface area contributed by atoms with Gasteiger partial charge in [-0.15, -0.1) is 0 Å². The van der Waals surface area contributed by atoms with Crippen LogP contribution in [0.25, 0.3) is 0 Å². The van der Waals surface area contributed by atoms with Gasteiger partial charge >= 0.3 is 0 Å². The molecular formula is C12H17NO3. The highest BCUT2D eigenvalue weighted by molar-refractivity contribution is 5.79. The number of carbonyl (C=O) groups is 1. The number of carbonyl (C=O) groups excluding carboxylic acids is 1. The lowest BCUT2D eigenvalue weighted by Gasteiger charge is -2.25. The first-order valence-electron chi connectivity index (χ1n) is 5.65. The molecule has 1 aromatic rings. The Morgan fingerprint density at radius 2 is 2.50 bits per heavy atom. The predicted octanol–water partition coefficient (Wildman–Crippen LogP) is 1.88. The summed E-state index contributed by atoms with van der Waals surface area (Å²) in [6.45, 7) is 0.472. The Labute approximate surface area is 95.0 Å². The van der Waals surface area contributed by atoms with Gasteiger partial charge in [-0.1, -0.05) is 6.42 Å². The highest BCUT2D eigenvalue weighted by Crippen LogP contribution is 2.26. The Morgan fingerprint density at radius 3 is 3.00 bits per heavy atom. The van der Waals surface area contributed by atoms with Crippen LogP contribution in [-0.4, -0.2) is 19.6 Å². The topological polar surface area (TPSA) is 51.5 Å². The molecule has 1 aliphatic carbocycles. The molecule has 0 aromatic carbocycles. The first-order valence-corrected chi connectivity index (χ1v) is 5.65. The van der Waals surface area contributed by atoms with Gasteiger partial charge in [-0.25, -0.2) is 0 Å². The molecule has 1 amide bonds. The number of ether oxygens (including phenoxy) is 1. The van der Waals surface area contributed by atoms with Crippen LogP contribution in [0.3, 0.4) is 0 Å². The zero-order valence-corrected chi connectivity index (χ0v) is 9.44. The van der Waals surface area contributed by atoms with E-state index in [2.05, 4.69) is 5.32 Å². The smallest absolute Gasteiger partial charge is 0.223 e. The van der Waals surface area contributed by atoms with Gasteiger partial charge in [-0.3, -0.25) is 4.79 Å². The highest BCUT2D eigenvalue weighted by Gasteiger charge is 2.25. The van der Waals surface area contributed by atoms with E-state index in [-0.39, 0.29) is 17.9 Å². The second kappa shape index (κ2) is 5.16. The molecular weight excluding hydrogens is 206 g/mol. The number of nitrogens with one attached hydrogen (secondary N) is 1. The molecule has 88 valence electrons. The molecule has 1 unspecified atom stereocenters. The fourth-order valence-corrected chi connectivity index (χ4v) is 1.78. The van der Waals surface area contributed by atoms with Crippen molar-refractivity contribution >= 4 is 5.91 Å². The van der Waals surface area contributed by atoms with E-state index in [0.29, 0.717) is 6.54 Å². The molecule has 1 fully saturated rings. The molecule has 4 heteroatoms. The third-order valence-electron chi connectivity index (χ3n) is 3.08. The van der Waals surface area contributed by atoms with Crippen LogP contribution < -0.4 is 5.32 Å². The summed E-state index contributed by atoms with van der Waals surface area (Å²) in [6, 6.07) is 3.67. The van der Waals surface area contributed by atoms with Crippen molar-refractivity contribution in [3.8, 4) is 0 Å². The zero-order valence-electron chi connectivity index (χ0n) is 9.44. The summed E-state index contributed by atoms with van der Waals surface area (Å²) in [4.78, 5) is 11.6. The molecule has 1 N–H and O–H groups in total. The van der Waals surface area contributed by atoms with Gasteiger partial charge in [0.15, 0.2) is 0 Å². The summed E-state index contributed by atoms with van der Waals surface area (Å²) in [5, 5.41) is 2.90. The lowest BCUT2D eigenvalue weighted by Crippen LogP contribution is -2.37. The van der Waals surface area contributed by atoms with Crippen molar-refractivity contribution in [1.82, 2.24) is 5.32 Å². The molecule has 1 heterocycles. The van der Waals surface area contributed by atoms with Gasteiger partial charge in [0.05, 0.1) is 12.8 Å². The van der Waals surface area contributed by atoms with Crippen LogP contribution in [0.2, 0.25) is 0 Å². The minimum atomic E-state index is -0.195. The Morgan fingerprint density at radius 1 is 1.69 bits per heavy atom. The van der Waals surface area contributed by atoms with Crippen LogP contribution in [0, 0.1) is 5.92 Å². The Hall–Kier alpha value is -1.29. The Kier molecular flexibility index (Phi) is 3.62. The maximum absolute atomic E-state index is 11.6. The fraction of sp³-hybridized carbons (Fsp3) is 0.583. The van der Waals surface area contributed by atoms with Crippen LogP contribution >= 0.6 is 0 Å². The largest absolute Gasteiger partial charge is 0.467 e. The molecule has 0 spiro atoms. The maximum atomic E-state index is 11.6. The van der Waals surface area contributed by atoms with Crippen LogP contribution in [0.1, 0.15) is 31.1 Å². The van der Waals surface area contributed by atoms with Crippen molar-refractivity contribution in [2.75, 3.05) is 13.7 Å². The summed E-state index contributed by atoms with van der Waals surface area (Å²) >= 11 is 0. The van der Waals surface area contributed by atoms with Crippen molar-refractivity contribution < 1.29 is 13.9 Å². The Bertz CT molecular complexity index is 330.